The van der Waals surface area contributed by atoms with Gasteiger partial charge in [0.05, 0.1) is 10.4 Å². The normalized spacial score (nSPS) is 15.9. The monoisotopic (exact) mass is 783 g/mol. The largest absolute Gasteiger partial charge is 0.309 e. The molecule has 2 heterocycles. The van der Waals surface area contributed by atoms with Crippen LogP contribution in [0.4, 0.5) is 17.1 Å². The molecule has 0 bridgehead atoms. The van der Waals surface area contributed by atoms with E-state index in [4.69, 9.17) is 12.6 Å². The number of thiophene rings is 1. The van der Waals surface area contributed by atoms with Crippen molar-refractivity contribution in [1.82, 2.24) is 0 Å². The van der Waals surface area contributed by atoms with Gasteiger partial charge in [-0.25, -0.2) is 0 Å². The molecule has 1 aromatic heterocycles. The Kier molecular flexibility index (Phi) is 8.47. The van der Waals surface area contributed by atoms with Crippen molar-refractivity contribution in [2.45, 2.75) is 27.9 Å². The van der Waals surface area contributed by atoms with Crippen LogP contribution in [0.5, 0.6) is 0 Å². The van der Waals surface area contributed by atoms with Crippen LogP contribution in [0.2, 0.25) is 0 Å². The van der Waals surface area contributed by atoms with E-state index in [0.717, 1.165) is 21.8 Å². The molecule has 8 aromatic carbocycles. The quantitative estimate of drug-likeness (QED) is 0.167. The lowest BCUT2D eigenvalue weighted by Gasteiger charge is -2.29. The Morgan fingerprint density at radius 3 is 2.09 bits per heavy atom. The van der Waals surface area contributed by atoms with Gasteiger partial charge in [-0.1, -0.05) is 152 Å². The minimum atomic E-state index is 0.361. The van der Waals surface area contributed by atoms with E-state index in [2.05, 4.69) is 200 Å². The first-order chi connectivity index (χ1) is 28.1. The first-order valence-corrected chi connectivity index (χ1v) is 21.6. The van der Waals surface area contributed by atoms with Gasteiger partial charge in [-0.2, -0.15) is 0 Å². The Bertz CT molecular complexity index is 3090. The summed E-state index contributed by atoms with van der Waals surface area (Å²) in [6.45, 7) is 2.25. The second kappa shape index (κ2) is 14.0. The maximum absolute atomic E-state index is 4.90. The molecule has 0 N–H and O–H groups in total. The zero-order valence-electron chi connectivity index (χ0n) is 31.3. The number of fused-ring (bicyclic) bond motifs is 7. The van der Waals surface area contributed by atoms with Crippen LogP contribution in [0.1, 0.15) is 22.6 Å². The summed E-state index contributed by atoms with van der Waals surface area (Å²) in [6.07, 6.45) is 7.03. The third-order valence-electron chi connectivity index (χ3n) is 11.8. The van der Waals surface area contributed by atoms with Crippen LogP contribution in [0.15, 0.2) is 198 Å². The number of thiol groups is 1. The number of nitrogens with zero attached hydrogens (tertiary/aromatic N) is 1. The summed E-state index contributed by atoms with van der Waals surface area (Å²) < 4.78 is 2.63. The van der Waals surface area contributed by atoms with E-state index in [1.807, 2.05) is 23.1 Å². The molecule has 1 unspecified atom stereocenters. The SMILES string of the molecule is Cc1c(-c2ccccc2S)cccc1N(c1ccc(-c2cccc3ccccc23)cc1)c1cccc2c1sc1c(C3=CC=CC4c5ccccc5S[C@H]34)cccc12. The molecule has 4 heteroatoms. The van der Waals surface area contributed by atoms with E-state index >= 15 is 0 Å². The molecular weight excluding hydrogens is 747 g/mol. The Labute approximate surface area is 347 Å². The molecule has 1 aliphatic heterocycles. The van der Waals surface area contributed by atoms with Gasteiger partial charge >= 0.3 is 0 Å². The Morgan fingerprint density at radius 1 is 0.544 bits per heavy atom. The van der Waals surface area contributed by atoms with Crippen LogP contribution in [-0.4, -0.2) is 5.25 Å². The third-order valence-corrected chi connectivity index (χ3v) is 14.9. The fourth-order valence-corrected chi connectivity index (χ4v) is 12.2. The van der Waals surface area contributed by atoms with Crippen LogP contribution in [0, 0.1) is 6.92 Å². The lowest BCUT2D eigenvalue weighted by Crippen LogP contribution is -2.13. The van der Waals surface area contributed by atoms with Crippen LogP contribution < -0.4 is 4.90 Å². The highest BCUT2D eigenvalue weighted by atomic mass is 32.2. The molecule has 11 rings (SSSR count). The van der Waals surface area contributed by atoms with Gasteiger partial charge in [0.2, 0.25) is 0 Å². The molecule has 1 nitrogen and oxygen atoms in total. The molecule has 272 valence electrons. The lowest BCUT2D eigenvalue weighted by molar-refractivity contribution is 0.894. The third kappa shape index (κ3) is 5.69. The van der Waals surface area contributed by atoms with Crippen LogP contribution in [0.3, 0.4) is 0 Å². The number of rotatable bonds is 6. The average Bonchev–Trinajstić information content (AvgIpc) is 3.84. The minimum Gasteiger partial charge on any atom is -0.309 e. The van der Waals surface area contributed by atoms with Gasteiger partial charge in [0.25, 0.3) is 0 Å². The number of hydrogen-bond donors (Lipinski definition) is 1. The van der Waals surface area contributed by atoms with Crippen molar-refractivity contribution >= 4 is 89.3 Å². The number of anilines is 3. The maximum Gasteiger partial charge on any atom is 0.0640 e. The van der Waals surface area contributed by atoms with Crippen molar-refractivity contribution in [2.75, 3.05) is 4.90 Å². The summed E-state index contributed by atoms with van der Waals surface area (Å²) in [5.74, 6) is 0.386. The van der Waals surface area contributed by atoms with Gasteiger partial charge in [0.1, 0.15) is 0 Å². The second-order valence-corrected chi connectivity index (χ2v) is 17.6. The molecule has 0 saturated carbocycles. The molecule has 0 radical (unpaired) electrons. The maximum atomic E-state index is 4.90. The fraction of sp³-hybridized carbons (Fsp3) is 0.0566. The summed E-state index contributed by atoms with van der Waals surface area (Å²) in [4.78, 5) is 4.85. The second-order valence-electron chi connectivity index (χ2n) is 14.9. The average molecular weight is 784 g/mol. The first-order valence-electron chi connectivity index (χ1n) is 19.5. The molecule has 1 aliphatic carbocycles. The van der Waals surface area contributed by atoms with Crippen molar-refractivity contribution in [3.63, 3.8) is 0 Å². The molecular formula is C53H37NS3. The molecule has 0 amide bonds. The number of hydrogen-bond acceptors (Lipinski definition) is 4. The molecule has 2 atom stereocenters. The van der Waals surface area contributed by atoms with Crippen molar-refractivity contribution in [3.05, 3.63) is 205 Å². The molecule has 57 heavy (non-hydrogen) atoms. The molecule has 0 spiro atoms. The Morgan fingerprint density at radius 2 is 1.19 bits per heavy atom. The number of benzene rings is 8. The lowest BCUT2D eigenvalue weighted by atomic mass is 9.85. The van der Waals surface area contributed by atoms with Gasteiger partial charge in [0.15, 0.2) is 0 Å². The van der Waals surface area contributed by atoms with Crippen molar-refractivity contribution in [2.24, 2.45) is 0 Å². The summed E-state index contributed by atoms with van der Waals surface area (Å²) in [7, 11) is 0. The van der Waals surface area contributed by atoms with Crippen LogP contribution in [0.25, 0.3) is 58.8 Å². The van der Waals surface area contributed by atoms with Crippen molar-refractivity contribution < 1.29 is 0 Å². The van der Waals surface area contributed by atoms with Crippen LogP contribution >= 0.6 is 35.7 Å². The van der Waals surface area contributed by atoms with E-state index in [-0.39, 0.29) is 0 Å². The van der Waals surface area contributed by atoms with Crippen molar-refractivity contribution in [1.29, 1.82) is 0 Å². The zero-order chi connectivity index (χ0) is 38.0. The topological polar surface area (TPSA) is 3.24 Å². The predicted molar refractivity (Wildman–Crippen MR) is 250 cm³/mol. The number of allylic oxidation sites excluding steroid dienone is 3. The van der Waals surface area contributed by atoms with Crippen molar-refractivity contribution in [3.8, 4) is 22.3 Å². The highest BCUT2D eigenvalue weighted by Crippen LogP contribution is 2.55. The summed E-state index contributed by atoms with van der Waals surface area (Å²) >= 11 is 8.84. The highest BCUT2D eigenvalue weighted by molar-refractivity contribution is 8.00. The predicted octanol–water partition coefficient (Wildman–Crippen LogP) is 15.8. The van der Waals surface area contributed by atoms with E-state index in [0.29, 0.717) is 11.2 Å². The zero-order valence-corrected chi connectivity index (χ0v) is 33.8. The van der Waals surface area contributed by atoms with E-state index in [9.17, 15) is 0 Å². The summed E-state index contributed by atoms with van der Waals surface area (Å²) in [5.41, 5.74) is 13.6. The Hall–Kier alpha value is -5.78. The van der Waals surface area contributed by atoms with Gasteiger partial charge in [-0.3, -0.25) is 0 Å². The minimum absolute atomic E-state index is 0.361. The van der Waals surface area contributed by atoms with Gasteiger partial charge in [-0.15, -0.1) is 35.7 Å². The van der Waals surface area contributed by atoms with Gasteiger partial charge in [-0.05, 0) is 98.6 Å². The standard InChI is InChI=1S/C53H37NS3/c1-33-37(40-16-4-6-27-49(40)55)18-11-25-47(33)54(36-31-29-35(30-32-36)39-19-8-14-34-13-2-3-15-38(34)39)48-26-12-24-46-45-23-10-22-44(52(45)57-53(46)48)43-21-9-20-42-41-17-5-7-28-50(41)56-51(42)43/h2-32,42,51,55H,1H3/t42?,51-/m0/s1. The molecule has 9 aromatic rings. The number of thioether (sulfide) groups is 1. The Balaban J connectivity index is 1.09. The van der Waals surface area contributed by atoms with E-state index in [1.54, 1.807) is 0 Å². The first kappa shape index (κ1) is 34.5. The van der Waals surface area contributed by atoms with E-state index < -0.39 is 0 Å². The molecule has 0 fully saturated rings. The molecule has 2 aliphatic rings. The highest BCUT2D eigenvalue weighted by Gasteiger charge is 2.36. The van der Waals surface area contributed by atoms with Crippen LogP contribution in [-0.2, 0) is 0 Å². The van der Waals surface area contributed by atoms with Gasteiger partial charge in [0, 0.05) is 47.8 Å². The summed E-state index contributed by atoms with van der Waals surface area (Å²) in [5, 5.41) is 5.47. The van der Waals surface area contributed by atoms with Gasteiger partial charge < -0.3 is 4.90 Å². The smallest absolute Gasteiger partial charge is 0.0640 e. The molecule has 0 saturated heterocycles. The fourth-order valence-electron chi connectivity index (χ4n) is 9.06. The summed E-state index contributed by atoms with van der Waals surface area (Å²) in [6, 6.07) is 62.2. The van der Waals surface area contributed by atoms with E-state index in [1.165, 1.54) is 80.5 Å².